The lowest BCUT2D eigenvalue weighted by Crippen LogP contribution is -2.33. The van der Waals surface area contributed by atoms with Crippen molar-refractivity contribution in [1.29, 1.82) is 0 Å². The van der Waals surface area contributed by atoms with Gasteiger partial charge in [-0.3, -0.25) is 4.79 Å². The molecule has 5 heteroatoms. The van der Waals surface area contributed by atoms with Crippen LogP contribution in [0.2, 0.25) is 0 Å². The molecule has 1 aliphatic heterocycles. The van der Waals surface area contributed by atoms with E-state index in [0.717, 1.165) is 24.6 Å². The lowest BCUT2D eigenvalue weighted by atomic mass is 9.95. The van der Waals surface area contributed by atoms with Gasteiger partial charge in [-0.1, -0.05) is 13.8 Å². The first-order valence-corrected chi connectivity index (χ1v) is 7.34. The number of hydrogen-bond acceptors (Lipinski definition) is 4. The Balaban J connectivity index is 2.14. The van der Waals surface area contributed by atoms with Crippen molar-refractivity contribution in [2.24, 2.45) is 17.6 Å². The van der Waals surface area contributed by atoms with Gasteiger partial charge < -0.3 is 16.0 Å². The van der Waals surface area contributed by atoms with Gasteiger partial charge in [0.15, 0.2) is 5.82 Å². The molecule has 0 saturated carbocycles. The Hall–Kier alpha value is -1.62. The first-order chi connectivity index (χ1) is 9.63. The van der Waals surface area contributed by atoms with Gasteiger partial charge in [0.25, 0.3) is 0 Å². The van der Waals surface area contributed by atoms with Crippen LogP contribution < -0.4 is 16.0 Å². The molecule has 20 heavy (non-hydrogen) atoms. The van der Waals surface area contributed by atoms with Crippen LogP contribution in [0.5, 0.6) is 0 Å². The fourth-order valence-electron chi connectivity index (χ4n) is 2.58. The summed E-state index contributed by atoms with van der Waals surface area (Å²) < 4.78 is 0. The second-order valence-corrected chi connectivity index (χ2v) is 5.64. The summed E-state index contributed by atoms with van der Waals surface area (Å²) in [6, 6.07) is 3.76. The quantitative estimate of drug-likeness (QED) is 0.861. The fraction of sp³-hybridized carbons (Fsp3) is 0.600. The van der Waals surface area contributed by atoms with Crippen molar-refractivity contribution in [3.8, 4) is 0 Å². The normalized spacial score (nSPS) is 16.5. The SMILES string of the molecule is CC(C)C(CN)C(=O)Nc1cccnc1N1CCCC1. The highest BCUT2D eigenvalue weighted by atomic mass is 16.1. The van der Waals surface area contributed by atoms with E-state index < -0.39 is 0 Å². The Labute approximate surface area is 120 Å². The molecule has 0 aromatic carbocycles. The monoisotopic (exact) mass is 276 g/mol. The number of carbonyl (C=O) groups excluding carboxylic acids is 1. The molecule has 0 bridgehead atoms. The average Bonchev–Trinajstić information content (AvgIpc) is 2.93. The Morgan fingerprint density at radius 3 is 2.75 bits per heavy atom. The smallest absolute Gasteiger partial charge is 0.229 e. The number of carbonyl (C=O) groups is 1. The number of hydrogen-bond donors (Lipinski definition) is 2. The van der Waals surface area contributed by atoms with E-state index in [0.29, 0.717) is 6.54 Å². The predicted molar refractivity (Wildman–Crippen MR) is 81.7 cm³/mol. The van der Waals surface area contributed by atoms with E-state index in [1.165, 1.54) is 12.8 Å². The summed E-state index contributed by atoms with van der Waals surface area (Å²) in [4.78, 5) is 19.0. The molecular weight excluding hydrogens is 252 g/mol. The third-order valence-electron chi connectivity index (χ3n) is 3.85. The molecule has 110 valence electrons. The highest BCUT2D eigenvalue weighted by Crippen LogP contribution is 2.26. The van der Waals surface area contributed by atoms with Crippen LogP contribution in [0.3, 0.4) is 0 Å². The molecular formula is C15H24N4O. The average molecular weight is 276 g/mol. The van der Waals surface area contributed by atoms with Crippen LogP contribution in [0.1, 0.15) is 26.7 Å². The molecule has 1 amide bonds. The van der Waals surface area contributed by atoms with E-state index >= 15 is 0 Å². The van der Waals surface area contributed by atoms with E-state index in [4.69, 9.17) is 5.73 Å². The number of aromatic nitrogens is 1. The number of nitrogens with two attached hydrogens (primary N) is 1. The summed E-state index contributed by atoms with van der Waals surface area (Å²) in [5, 5.41) is 3.00. The molecule has 0 radical (unpaired) electrons. The number of pyridine rings is 1. The summed E-state index contributed by atoms with van der Waals surface area (Å²) in [5.41, 5.74) is 6.49. The third kappa shape index (κ3) is 3.28. The van der Waals surface area contributed by atoms with Crippen molar-refractivity contribution in [1.82, 2.24) is 4.98 Å². The van der Waals surface area contributed by atoms with Gasteiger partial charge in [0.05, 0.1) is 11.6 Å². The molecule has 3 N–H and O–H groups in total. The molecule has 1 saturated heterocycles. The number of nitrogens with one attached hydrogen (secondary N) is 1. The van der Waals surface area contributed by atoms with E-state index in [1.54, 1.807) is 6.20 Å². The molecule has 1 unspecified atom stereocenters. The molecule has 1 aromatic rings. The van der Waals surface area contributed by atoms with Crippen molar-refractivity contribution in [2.45, 2.75) is 26.7 Å². The van der Waals surface area contributed by atoms with Gasteiger partial charge in [-0.15, -0.1) is 0 Å². The fourth-order valence-corrected chi connectivity index (χ4v) is 2.58. The zero-order chi connectivity index (χ0) is 14.5. The zero-order valence-corrected chi connectivity index (χ0v) is 12.3. The van der Waals surface area contributed by atoms with Crippen LogP contribution in [0.4, 0.5) is 11.5 Å². The number of nitrogens with zero attached hydrogens (tertiary/aromatic N) is 2. The molecule has 2 heterocycles. The maximum absolute atomic E-state index is 12.3. The zero-order valence-electron chi connectivity index (χ0n) is 12.3. The van der Waals surface area contributed by atoms with Crippen LogP contribution in [0.25, 0.3) is 0 Å². The summed E-state index contributed by atoms with van der Waals surface area (Å²) in [5.74, 6) is 0.919. The van der Waals surface area contributed by atoms with Crippen molar-refractivity contribution >= 4 is 17.4 Å². The van der Waals surface area contributed by atoms with E-state index in [-0.39, 0.29) is 17.7 Å². The van der Waals surface area contributed by atoms with Gasteiger partial charge in [-0.2, -0.15) is 0 Å². The molecule has 0 aliphatic carbocycles. The molecule has 1 aliphatic rings. The Kier molecular flexibility index (Phi) is 4.95. The summed E-state index contributed by atoms with van der Waals surface area (Å²) in [6.45, 7) is 6.40. The highest BCUT2D eigenvalue weighted by molar-refractivity contribution is 5.95. The molecule has 1 aromatic heterocycles. The molecule has 2 rings (SSSR count). The molecule has 1 atom stereocenters. The van der Waals surface area contributed by atoms with Crippen LogP contribution in [0.15, 0.2) is 18.3 Å². The molecule has 1 fully saturated rings. The van der Waals surface area contributed by atoms with Gasteiger partial charge in [-0.05, 0) is 30.9 Å². The van der Waals surface area contributed by atoms with Gasteiger partial charge in [0.1, 0.15) is 0 Å². The van der Waals surface area contributed by atoms with Gasteiger partial charge in [-0.25, -0.2) is 4.98 Å². The summed E-state index contributed by atoms with van der Waals surface area (Å²) in [6.07, 6.45) is 4.13. The minimum absolute atomic E-state index is 0.0176. The Morgan fingerprint density at radius 2 is 2.15 bits per heavy atom. The Morgan fingerprint density at radius 1 is 1.45 bits per heavy atom. The third-order valence-corrected chi connectivity index (χ3v) is 3.85. The minimum Gasteiger partial charge on any atom is -0.355 e. The maximum Gasteiger partial charge on any atom is 0.229 e. The summed E-state index contributed by atoms with van der Waals surface area (Å²) >= 11 is 0. The second kappa shape index (κ2) is 6.70. The number of rotatable bonds is 5. The maximum atomic E-state index is 12.3. The van der Waals surface area contributed by atoms with Crippen molar-refractivity contribution in [3.05, 3.63) is 18.3 Å². The van der Waals surface area contributed by atoms with Crippen LogP contribution in [-0.4, -0.2) is 30.5 Å². The second-order valence-electron chi connectivity index (χ2n) is 5.64. The first kappa shape index (κ1) is 14.8. The molecule has 0 spiro atoms. The van der Waals surface area contributed by atoms with Crippen LogP contribution in [0, 0.1) is 11.8 Å². The van der Waals surface area contributed by atoms with Crippen molar-refractivity contribution < 1.29 is 4.79 Å². The molecule has 5 nitrogen and oxygen atoms in total. The summed E-state index contributed by atoms with van der Waals surface area (Å²) in [7, 11) is 0. The number of amides is 1. The minimum atomic E-state index is -0.165. The van der Waals surface area contributed by atoms with Gasteiger partial charge in [0, 0.05) is 25.8 Å². The predicted octanol–water partition coefficient (Wildman–Crippen LogP) is 1.85. The lowest BCUT2D eigenvalue weighted by molar-refractivity contribution is -0.120. The Bertz CT molecular complexity index is 455. The van der Waals surface area contributed by atoms with Gasteiger partial charge >= 0.3 is 0 Å². The number of anilines is 2. The topological polar surface area (TPSA) is 71.2 Å². The van der Waals surface area contributed by atoms with E-state index in [2.05, 4.69) is 15.2 Å². The highest BCUT2D eigenvalue weighted by Gasteiger charge is 2.23. The van der Waals surface area contributed by atoms with Crippen molar-refractivity contribution in [3.63, 3.8) is 0 Å². The van der Waals surface area contributed by atoms with E-state index in [9.17, 15) is 4.79 Å². The van der Waals surface area contributed by atoms with E-state index in [1.807, 2.05) is 26.0 Å². The first-order valence-electron chi connectivity index (χ1n) is 7.34. The standard InChI is InChI=1S/C15H24N4O/c1-11(2)12(10-16)15(20)18-13-6-5-7-17-14(13)19-8-3-4-9-19/h5-7,11-12H,3-4,8-10,16H2,1-2H3,(H,18,20). The van der Waals surface area contributed by atoms with Crippen LogP contribution in [-0.2, 0) is 4.79 Å². The van der Waals surface area contributed by atoms with Crippen molar-refractivity contribution in [2.75, 3.05) is 29.9 Å². The largest absolute Gasteiger partial charge is 0.355 e. The van der Waals surface area contributed by atoms with Crippen LogP contribution >= 0.6 is 0 Å². The van der Waals surface area contributed by atoms with Gasteiger partial charge in [0.2, 0.25) is 5.91 Å². The lowest BCUT2D eigenvalue weighted by Gasteiger charge is -2.22.